The molecule has 0 spiro atoms. The molecule has 8 heteroatoms. The van der Waals surface area contributed by atoms with Crippen LogP contribution in [0.3, 0.4) is 0 Å². The van der Waals surface area contributed by atoms with Crippen molar-refractivity contribution in [3.63, 3.8) is 0 Å². The first-order chi connectivity index (χ1) is 15.5. The van der Waals surface area contributed by atoms with Gasteiger partial charge in [-0.2, -0.15) is 4.73 Å². The summed E-state index contributed by atoms with van der Waals surface area (Å²) in [7, 11) is 1.47. The number of hydrogen-bond donors (Lipinski definition) is 0. The van der Waals surface area contributed by atoms with Gasteiger partial charge < -0.3 is 14.7 Å². The third-order valence-corrected chi connectivity index (χ3v) is 5.15. The number of fused-ring (bicyclic) bond motifs is 1. The van der Waals surface area contributed by atoms with Gasteiger partial charge in [0.2, 0.25) is 5.52 Å². The highest BCUT2D eigenvalue weighted by Crippen LogP contribution is 2.21. The average Bonchev–Trinajstić information content (AvgIpc) is 2.83. The fourth-order valence-electron chi connectivity index (χ4n) is 3.21. The van der Waals surface area contributed by atoms with Gasteiger partial charge in [0.1, 0.15) is 17.9 Å². The van der Waals surface area contributed by atoms with Gasteiger partial charge in [-0.3, -0.25) is 4.79 Å². The van der Waals surface area contributed by atoms with Crippen molar-refractivity contribution < 1.29 is 23.8 Å². The van der Waals surface area contributed by atoms with Crippen LogP contribution < -0.4 is 9.47 Å². The van der Waals surface area contributed by atoms with Crippen LogP contribution in [0.4, 0.5) is 0 Å². The second-order valence-electron chi connectivity index (χ2n) is 6.81. The molecule has 1 heterocycles. The number of methoxy groups -OCH3 is 1. The Labute approximate surface area is 188 Å². The molecule has 0 radical (unpaired) electrons. The zero-order valence-electron chi connectivity index (χ0n) is 16.9. The van der Waals surface area contributed by atoms with Crippen LogP contribution in [-0.2, 0) is 11.3 Å². The Hall–Kier alpha value is -3.97. The van der Waals surface area contributed by atoms with Crippen molar-refractivity contribution in [3.8, 4) is 5.75 Å². The summed E-state index contributed by atoms with van der Waals surface area (Å²) in [6.07, 6.45) is 0. The summed E-state index contributed by atoms with van der Waals surface area (Å²) in [6, 6.07) is 19.5. The SMILES string of the molecule is COc1ccc2nc(COC(=O)c3ccccc3Cl)c(C(=O)c3ccccc3)[n+]([O-])c2c1. The van der Waals surface area contributed by atoms with Crippen LogP contribution in [0, 0.1) is 5.21 Å². The summed E-state index contributed by atoms with van der Waals surface area (Å²) in [5.74, 6) is -0.788. The van der Waals surface area contributed by atoms with Crippen LogP contribution in [0.25, 0.3) is 11.0 Å². The molecule has 0 saturated heterocycles. The van der Waals surface area contributed by atoms with E-state index in [4.69, 9.17) is 21.1 Å². The van der Waals surface area contributed by atoms with Gasteiger partial charge in [-0.1, -0.05) is 54.1 Å². The molecule has 1 aromatic heterocycles. The summed E-state index contributed by atoms with van der Waals surface area (Å²) in [6.45, 7) is -0.387. The minimum absolute atomic E-state index is 0.0342. The van der Waals surface area contributed by atoms with Crippen molar-refractivity contribution >= 4 is 34.4 Å². The summed E-state index contributed by atoms with van der Waals surface area (Å²) in [5, 5.41) is 13.5. The van der Waals surface area contributed by atoms with Gasteiger partial charge in [0.15, 0.2) is 5.69 Å². The monoisotopic (exact) mass is 448 g/mol. The normalized spacial score (nSPS) is 10.7. The van der Waals surface area contributed by atoms with E-state index in [-0.39, 0.29) is 34.1 Å². The molecule has 0 aliphatic carbocycles. The lowest BCUT2D eigenvalue weighted by Crippen LogP contribution is -2.38. The van der Waals surface area contributed by atoms with E-state index in [0.717, 1.165) is 0 Å². The van der Waals surface area contributed by atoms with E-state index in [9.17, 15) is 14.8 Å². The highest BCUT2D eigenvalue weighted by molar-refractivity contribution is 6.33. The van der Waals surface area contributed by atoms with Gasteiger partial charge in [-0.05, 0) is 24.3 Å². The maximum atomic E-state index is 13.2. The number of nitrogens with zero attached hydrogens (tertiary/aromatic N) is 2. The topological polar surface area (TPSA) is 92.4 Å². The van der Waals surface area contributed by atoms with Gasteiger partial charge in [-0.25, -0.2) is 9.78 Å². The molecule has 0 aliphatic heterocycles. The molecule has 160 valence electrons. The van der Waals surface area contributed by atoms with Gasteiger partial charge in [-0.15, -0.1) is 0 Å². The zero-order valence-corrected chi connectivity index (χ0v) is 17.7. The molecule has 32 heavy (non-hydrogen) atoms. The summed E-state index contributed by atoms with van der Waals surface area (Å²) >= 11 is 6.06. The highest BCUT2D eigenvalue weighted by atomic mass is 35.5. The first-order valence-electron chi connectivity index (χ1n) is 9.61. The summed E-state index contributed by atoms with van der Waals surface area (Å²) < 4.78 is 11.0. The molecule has 0 N–H and O–H groups in total. The fourth-order valence-corrected chi connectivity index (χ4v) is 3.42. The number of halogens is 1. The van der Waals surface area contributed by atoms with Gasteiger partial charge >= 0.3 is 5.97 Å². The van der Waals surface area contributed by atoms with E-state index in [1.54, 1.807) is 60.7 Å². The standard InChI is InChI=1S/C24H17ClN2O5/c1-31-16-11-12-19-21(13-16)27(30)22(23(28)15-7-3-2-4-8-15)20(26-19)14-32-24(29)17-9-5-6-10-18(17)25/h2-13H,14H2,1H3. The molecule has 4 aromatic rings. The van der Waals surface area contributed by atoms with E-state index in [0.29, 0.717) is 21.6 Å². The minimum atomic E-state index is -0.692. The second-order valence-corrected chi connectivity index (χ2v) is 7.21. The van der Waals surface area contributed by atoms with Crippen LogP contribution in [-0.4, -0.2) is 23.8 Å². The van der Waals surface area contributed by atoms with Crippen LogP contribution in [0.2, 0.25) is 5.02 Å². The summed E-state index contributed by atoms with van der Waals surface area (Å²) in [4.78, 5) is 30.1. The van der Waals surface area contributed by atoms with Gasteiger partial charge in [0.25, 0.3) is 11.5 Å². The molecule has 0 unspecified atom stereocenters. The molecule has 7 nitrogen and oxygen atoms in total. The average molecular weight is 449 g/mol. The maximum Gasteiger partial charge on any atom is 0.340 e. The number of hydrogen-bond acceptors (Lipinski definition) is 6. The van der Waals surface area contributed by atoms with E-state index >= 15 is 0 Å². The molecule has 4 rings (SSSR count). The third kappa shape index (κ3) is 4.10. The number of ketones is 1. The number of carbonyl (C=O) groups is 2. The Morgan fingerprint density at radius 2 is 1.75 bits per heavy atom. The predicted molar refractivity (Wildman–Crippen MR) is 118 cm³/mol. The lowest BCUT2D eigenvalue weighted by molar-refractivity contribution is -0.580. The zero-order chi connectivity index (χ0) is 22.7. The predicted octanol–water partition coefficient (Wildman–Crippen LogP) is 4.12. The number of ether oxygens (including phenoxy) is 2. The highest BCUT2D eigenvalue weighted by Gasteiger charge is 2.28. The minimum Gasteiger partial charge on any atom is -0.618 e. The van der Waals surface area contributed by atoms with Crippen molar-refractivity contribution in [1.29, 1.82) is 0 Å². The largest absolute Gasteiger partial charge is 0.618 e. The molecule has 0 bridgehead atoms. The van der Waals surface area contributed by atoms with Gasteiger partial charge in [0.05, 0.1) is 23.8 Å². The Balaban J connectivity index is 1.78. The molecule has 0 saturated carbocycles. The molecule has 3 aromatic carbocycles. The smallest absolute Gasteiger partial charge is 0.340 e. The quantitative estimate of drug-likeness (QED) is 0.191. The van der Waals surface area contributed by atoms with E-state index in [1.165, 1.54) is 19.2 Å². The van der Waals surface area contributed by atoms with Gasteiger partial charge in [0, 0.05) is 5.56 Å². The Bertz CT molecular complexity index is 1330. The fraction of sp³-hybridized carbons (Fsp3) is 0.0833. The number of benzene rings is 3. The number of esters is 1. The van der Waals surface area contributed by atoms with Crippen LogP contribution in [0.15, 0.2) is 72.8 Å². The first-order valence-corrected chi connectivity index (χ1v) is 9.99. The Morgan fingerprint density at radius 1 is 1.03 bits per heavy atom. The lowest BCUT2D eigenvalue weighted by Gasteiger charge is -2.12. The van der Waals surface area contributed by atoms with Crippen LogP contribution in [0.5, 0.6) is 5.75 Å². The molecule has 0 aliphatic rings. The van der Waals surface area contributed by atoms with Crippen LogP contribution >= 0.6 is 11.6 Å². The molecular weight excluding hydrogens is 432 g/mol. The third-order valence-electron chi connectivity index (χ3n) is 4.82. The number of aromatic nitrogens is 2. The second kappa shape index (κ2) is 9.03. The Morgan fingerprint density at radius 3 is 2.47 bits per heavy atom. The maximum absolute atomic E-state index is 13.2. The molecule has 0 amide bonds. The summed E-state index contributed by atoms with van der Waals surface area (Å²) in [5.41, 5.74) is 0.764. The van der Waals surface area contributed by atoms with E-state index in [1.807, 2.05) is 0 Å². The van der Waals surface area contributed by atoms with Crippen molar-refractivity contribution in [2.24, 2.45) is 0 Å². The molecular formula is C24H17ClN2O5. The van der Waals surface area contributed by atoms with E-state index < -0.39 is 11.8 Å². The first kappa shape index (κ1) is 21.3. The van der Waals surface area contributed by atoms with Crippen molar-refractivity contribution in [2.45, 2.75) is 6.61 Å². The van der Waals surface area contributed by atoms with Crippen LogP contribution in [0.1, 0.15) is 32.1 Å². The number of carbonyl (C=O) groups excluding carboxylic acids is 2. The molecule has 0 fully saturated rings. The molecule has 0 atom stereocenters. The number of rotatable bonds is 6. The van der Waals surface area contributed by atoms with Crippen molar-refractivity contribution in [2.75, 3.05) is 7.11 Å². The van der Waals surface area contributed by atoms with Crippen molar-refractivity contribution in [3.05, 3.63) is 106 Å². The van der Waals surface area contributed by atoms with E-state index in [2.05, 4.69) is 4.98 Å². The lowest BCUT2D eigenvalue weighted by atomic mass is 10.1. The van der Waals surface area contributed by atoms with Crippen molar-refractivity contribution in [1.82, 2.24) is 4.98 Å². The Kier molecular flexibility index (Phi) is 6.00.